The summed E-state index contributed by atoms with van der Waals surface area (Å²) in [7, 11) is 0. The summed E-state index contributed by atoms with van der Waals surface area (Å²) in [6.45, 7) is 5.33. The van der Waals surface area contributed by atoms with E-state index in [4.69, 9.17) is 9.47 Å². The maximum absolute atomic E-state index is 11.6. The molecule has 27 heavy (non-hydrogen) atoms. The highest BCUT2D eigenvalue weighted by Crippen LogP contribution is 2.17. The molecule has 0 aliphatic rings. The lowest BCUT2D eigenvalue weighted by Gasteiger charge is -2.17. The van der Waals surface area contributed by atoms with Crippen LogP contribution in [0.1, 0.15) is 91.4 Å². The van der Waals surface area contributed by atoms with E-state index in [0.29, 0.717) is 6.42 Å². The van der Waals surface area contributed by atoms with Crippen molar-refractivity contribution in [2.24, 2.45) is 5.92 Å². The van der Waals surface area contributed by atoms with E-state index in [0.717, 1.165) is 19.3 Å². The Labute approximate surface area is 163 Å². The Bertz CT molecular complexity index is 458. The number of esters is 2. The second kappa shape index (κ2) is 16.5. The smallest absolute Gasteiger partial charge is 0.313 e. The number of Topliss-reactive ketones (excluding diaryl/α,β-unsaturated/α-hetero) is 2. The van der Waals surface area contributed by atoms with Crippen LogP contribution in [0.5, 0.6) is 0 Å². The van der Waals surface area contributed by atoms with Crippen molar-refractivity contribution in [3.8, 4) is 0 Å². The number of unbranched alkanes of at least 4 members (excludes halogenated alkanes) is 6. The minimum atomic E-state index is -0.522. The van der Waals surface area contributed by atoms with Crippen molar-refractivity contribution in [1.82, 2.24) is 0 Å². The average molecular weight is 385 g/mol. The minimum absolute atomic E-state index is 0.0849. The Morgan fingerprint density at radius 1 is 0.704 bits per heavy atom. The van der Waals surface area contributed by atoms with Crippen LogP contribution < -0.4 is 0 Å². The van der Waals surface area contributed by atoms with E-state index >= 15 is 0 Å². The normalized spacial score (nSPS) is 11.7. The highest BCUT2D eigenvalue weighted by Gasteiger charge is 2.15. The van der Waals surface area contributed by atoms with Crippen molar-refractivity contribution in [3.05, 3.63) is 0 Å². The van der Waals surface area contributed by atoms with E-state index < -0.39 is 11.9 Å². The maximum atomic E-state index is 11.6. The lowest BCUT2D eigenvalue weighted by Crippen LogP contribution is -2.19. The third-order valence-corrected chi connectivity index (χ3v) is 4.27. The van der Waals surface area contributed by atoms with Gasteiger partial charge in [0.25, 0.3) is 0 Å². The molecule has 0 rings (SSSR count). The number of ether oxygens (including phenoxy) is 2. The van der Waals surface area contributed by atoms with Gasteiger partial charge in [-0.3, -0.25) is 19.2 Å². The van der Waals surface area contributed by atoms with Crippen LogP contribution in [0.4, 0.5) is 0 Å². The summed E-state index contributed by atoms with van der Waals surface area (Å²) >= 11 is 0. The summed E-state index contributed by atoms with van der Waals surface area (Å²) in [5, 5.41) is 0. The first-order valence-corrected chi connectivity index (χ1v) is 10.1. The highest BCUT2D eigenvalue weighted by atomic mass is 16.5. The van der Waals surface area contributed by atoms with Crippen molar-refractivity contribution in [2.75, 3.05) is 13.2 Å². The van der Waals surface area contributed by atoms with Gasteiger partial charge in [0, 0.05) is 0 Å². The molecule has 0 spiro atoms. The molecule has 1 atom stereocenters. The molecule has 0 aliphatic carbocycles. The van der Waals surface area contributed by atoms with E-state index in [1.165, 1.54) is 46.0 Å². The van der Waals surface area contributed by atoms with Crippen molar-refractivity contribution in [3.63, 3.8) is 0 Å². The van der Waals surface area contributed by atoms with Gasteiger partial charge in [0.05, 0.1) is 13.2 Å². The van der Waals surface area contributed by atoms with Crippen LogP contribution in [0.25, 0.3) is 0 Å². The van der Waals surface area contributed by atoms with E-state index in [9.17, 15) is 19.2 Å². The van der Waals surface area contributed by atoms with Crippen molar-refractivity contribution < 1.29 is 28.7 Å². The van der Waals surface area contributed by atoms with Gasteiger partial charge in [-0.25, -0.2) is 0 Å². The molecule has 0 aromatic rings. The van der Waals surface area contributed by atoms with E-state index in [1.54, 1.807) is 0 Å². The van der Waals surface area contributed by atoms with Crippen LogP contribution in [0.15, 0.2) is 0 Å². The van der Waals surface area contributed by atoms with Crippen LogP contribution in [-0.4, -0.2) is 36.7 Å². The topological polar surface area (TPSA) is 86.7 Å². The number of hydrogen-bond donors (Lipinski definition) is 0. The zero-order chi connectivity index (χ0) is 20.5. The van der Waals surface area contributed by atoms with Gasteiger partial charge in [0.1, 0.15) is 24.4 Å². The Balaban J connectivity index is 4.19. The SMILES string of the molecule is CCCCCCCCCC(CCOC(=O)CC(C)=O)COC(=O)CC(C)=O. The fourth-order valence-electron chi connectivity index (χ4n) is 2.76. The Kier molecular flexibility index (Phi) is 15.4. The van der Waals surface area contributed by atoms with E-state index in [-0.39, 0.29) is 43.5 Å². The molecule has 0 amide bonds. The molecule has 0 N–H and O–H groups in total. The van der Waals surface area contributed by atoms with Gasteiger partial charge in [-0.05, 0) is 32.6 Å². The van der Waals surface area contributed by atoms with Crippen LogP contribution in [0, 0.1) is 5.92 Å². The summed E-state index contributed by atoms with van der Waals surface area (Å²) < 4.78 is 10.3. The molecule has 0 bridgehead atoms. The fourth-order valence-corrected chi connectivity index (χ4v) is 2.76. The molecule has 0 heterocycles. The Morgan fingerprint density at radius 3 is 1.78 bits per heavy atom. The molecule has 0 aliphatic heterocycles. The molecule has 0 fully saturated rings. The number of hydrogen-bond acceptors (Lipinski definition) is 6. The monoisotopic (exact) mass is 384 g/mol. The lowest BCUT2D eigenvalue weighted by molar-refractivity contribution is -0.150. The fraction of sp³-hybridized carbons (Fsp3) is 0.810. The predicted octanol–water partition coefficient (Wildman–Crippen LogP) is 4.18. The van der Waals surface area contributed by atoms with E-state index in [1.807, 2.05) is 0 Å². The summed E-state index contributed by atoms with van der Waals surface area (Å²) in [6.07, 6.45) is 9.42. The van der Waals surface area contributed by atoms with Crippen LogP contribution in [0.3, 0.4) is 0 Å². The van der Waals surface area contributed by atoms with Gasteiger partial charge in [-0.1, -0.05) is 51.9 Å². The second-order valence-electron chi connectivity index (χ2n) is 7.23. The third kappa shape index (κ3) is 17.5. The molecule has 0 saturated carbocycles. The van der Waals surface area contributed by atoms with Crippen molar-refractivity contribution >= 4 is 23.5 Å². The molecule has 0 saturated heterocycles. The standard InChI is InChI=1S/C21H36O6/c1-4-5-6-7-8-9-10-11-19(16-27-21(25)15-18(3)23)12-13-26-20(24)14-17(2)22/h19H,4-16H2,1-3H3. The average Bonchev–Trinajstić information content (AvgIpc) is 2.56. The quantitative estimate of drug-likeness (QED) is 0.212. The first-order chi connectivity index (χ1) is 12.8. The number of rotatable bonds is 17. The van der Waals surface area contributed by atoms with E-state index in [2.05, 4.69) is 6.92 Å². The van der Waals surface area contributed by atoms with Gasteiger partial charge >= 0.3 is 11.9 Å². The second-order valence-corrected chi connectivity index (χ2v) is 7.23. The van der Waals surface area contributed by atoms with Gasteiger partial charge in [0.2, 0.25) is 0 Å². The third-order valence-electron chi connectivity index (χ3n) is 4.27. The zero-order valence-electron chi connectivity index (χ0n) is 17.2. The predicted molar refractivity (Wildman–Crippen MR) is 103 cm³/mol. The first kappa shape index (κ1) is 25.3. The molecule has 0 aromatic carbocycles. The van der Waals surface area contributed by atoms with Gasteiger partial charge in [0.15, 0.2) is 0 Å². The zero-order valence-corrected chi connectivity index (χ0v) is 17.2. The summed E-state index contributed by atoms with van der Waals surface area (Å²) in [6, 6.07) is 0. The molecule has 1 unspecified atom stereocenters. The van der Waals surface area contributed by atoms with Crippen LogP contribution in [-0.2, 0) is 28.7 Å². The molecular weight excluding hydrogens is 348 g/mol. The highest BCUT2D eigenvalue weighted by molar-refractivity contribution is 5.94. The number of carbonyl (C=O) groups is 4. The summed E-state index contributed by atoms with van der Waals surface area (Å²) in [5.74, 6) is -1.40. The summed E-state index contributed by atoms with van der Waals surface area (Å²) in [4.78, 5) is 44.9. The Morgan fingerprint density at radius 2 is 1.22 bits per heavy atom. The first-order valence-electron chi connectivity index (χ1n) is 10.1. The van der Waals surface area contributed by atoms with Gasteiger partial charge in [-0.15, -0.1) is 0 Å². The maximum Gasteiger partial charge on any atom is 0.313 e. The molecular formula is C21H36O6. The molecule has 6 heteroatoms. The molecule has 156 valence electrons. The lowest BCUT2D eigenvalue weighted by atomic mass is 9.98. The molecule has 0 aromatic heterocycles. The van der Waals surface area contributed by atoms with Crippen LogP contribution >= 0.6 is 0 Å². The molecule has 6 nitrogen and oxygen atoms in total. The number of carbonyl (C=O) groups excluding carboxylic acids is 4. The summed E-state index contributed by atoms with van der Waals surface area (Å²) in [5.41, 5.74) is 0. The van der Waals surface area contributed by atoms with Crippen LogP contribution in [0.2, 0.25) is 0 Å². The van der Waals surface area contributed by atoms with Crippen molar-refractivity contribution in [1.29, 1.82) is 0 Å². The van der Waals surface area contributed by atoms with Crippen molar-refractivity contribution in [2.45, 2.75) is 91.4 Å². The van der Waals surface area contributed by atoms with Gasteiger partial charge in [-0.2, -0.15) is 0 Å². The minimum Gasteiger partial charge on any atom is -0.465 e. The largest absolute Gasteiger partial charge is 0.465 e. The molecule has 0 radical (unpaired) electrons. The van der Waals surface area contributed by atoms with Gasteiger partial charge < -0.3 is 9.47 Å². The Hall–Kier alpha value is -1.72. The number of ketones is 2.